The molecule has 0 unspecified atom stereocenters. The number of ether oxygens (including phenoxy) is 3. The Morgan fingerprint density at radius 3 is 3.00 bits per heavy atom. The topological polar surface area (TPSA) is 98.8 Å². The molecule has 2 amide bonds. The Bertz CT molecular complexity index is 777. The highest BCUT2D eigenvalue weighted by Gasteiger charge is 2.15. The van der Waals surface area contributed by atoms with Crippen molar-refractivity contribution in [2.75, 3.05) is 25.3 Å². The smallest absolute Gasteiger partial charge is 0.407 e. The van der Waals surface area contributed by atoms with Crippen molar-refractivity contribution in [2.45, 2.75) is 13.3 Å². The maximum absolute atomic E-state index is 11.9. The lowest BCUT2D eigenvalue weighted by Crippen LogP contribution is -2.28. The van der Waals surface area contributed by atoms with Crippen LogP contribution in [0.5, 0.6) is 11.5 Å². The van der Waals surface area contributed by atoms with E-state index < -0.39 is 6.09 Å². The fourth-order valence-electron chi connectivity index (χ4n) is 2.16. The number of thiazole rings is 1. The van der Waals surface area contributed by atoms with Gasteiger partial charge in [0.1, 0.15) is 0 Å². The minimum atomic E-state index is -0.533. The van der Waals surface area contributed by atoms with E-state index in [2.05, 4.69) is 15.6 Å². The van der Waals surface area contributed by atoms with Crippen molar-refractivity contribution in [2.24, 2.45) is 0 Å². The van der Waals surface area contributed by atoms with Crippen LogP contribution in [-0.4, -0.2) is 36.9 Å². The van der Waals surface area contributed by atoms with Gasteiger partial charge in [0.05, 0.1) is 12.3 Å². The van der Waals surface area contributed by atoms with E-state index in [9.17, 15) is 9.59 Å². The van der Waals surface area contributed by atoms with Gasteiger partial charge in [0.25, 0.3) is 0 Å². The van der Waals surface area contributed by atoms with E-state index >= 15 is 0 Å². The summed E-state index contributed by atoms with van der Waals surface area (Å²) < 4.78 is 15.3. The Kier molecular flexibility index (Phi) is 5.34. The number of nitrogens with one attached hydrogen (secondary N) is 2. The summed E-state index contributed by atoms with van der Waals surface area (Å²) >= 11 is 1.33. The van der Waals surface area contributed by atoms with Gasteiger partial charge in [-0.1, -0.05) is 0 Å². The number of alkyl carbamates (subject to hydrolysis) is 1. The van der Waals surface area contributed by atoms with Gasteiger partial charge in [-0.3, -0.25) is 4.79 Å². The molecule has 0 fully saturated rings. The number of aromatic nitrogens is 1. The molecule has 0 saturated heterocycles. The normalized spacial score (nSPS) is 11.9. The Balaban J connectivity index is 1.53. The van der Waals surface area contributed by atoms with Crippen molar-refractivity contribution >= 4 is 28.5 Å². The molecule has 0 bridgehead atoms. The first kappa shape index (κ1) is 17.0. The molecule has 0 atom stereocenters. The molecule has 25 heavy (non-hydrogen) atoms. The van der Waals surface area contributed by atoms with Crippen LogP contribution in [0.25, 0.3) is 11.3 Å². The Morgan fingerprint density at radius 2 is 2.16 bits per heavy atom. The zero-order valence-electron chi connectivity index (χ0n) is 13.5. The van der Waals surface area contributed by atoms with Gasteiger partial charge in [-0.15, -0.1) is 11.3 Å². The van der Waals surface area contributed by atoms with Gasteiger partial charge in [-0.2, -0.15) is 0 Å². The molecule has 0 aliphatic carbocycles. The lowest BCUT2D eigenvalue weighted by molar-refractivity contribution is -0.116. The molecular weight excluding hydrogens is 346 g/mol. The zero-order valence-corrected chi connectivity index (χ0v) is 14.4. The Morgan fingerprint density at radius 1 is 1.32 bits per heavy atom. The number of fused-ring (bicyclic) bond motifs is 1. The maximum Gasteiger partial charge on any atom is 0.407 e. The van der Waals surface area contributed by atoms with Crippen molar-refractivity contribution in [3.63, 3.8) is 0 Å². The van der Waals surface area contributed by atoms with Gasteiger partial charge < -0.3 is 24.8 Å². The molecule has 2 aromatic rings. The summed E-state index contributed by atoms with van der Waals surface area (Å²) in [5.74, 6) is 1.16. The van der Waals surface area contributed by atoms with Crippen LogP contribution in [0.15, 0.2) is 23.6 Å². The number of nitrogens with zero attached hydrogens (tertiary/aromatic N) is 1. The average Bonchev–Trinajstić information content (AvgIpc) is 3.23. The summed E-state index contributed by atoms with van der Waals surface area (Å²) in [6.07, 6.45) is -0.396. The van der Waals surface area contributed by atoms with Gasteiger partial charge >= 0.3 is 6.09 Å². The number of benzene rings is 1. The standard InChI is InChI=1S/C16H17N3O5S/c1-2-22-16(21)17-6-5-14(20)19-15-18-11(8-25-15)10-3-4-12-13(7-10)24-9-23-12/h3-4,7-8H,2,5-6,9H2,1H3,(H,17,21)(H,18,19,20). The van der Waals surface area contributed by atoms with Crippen LogP contribution in [0.3, 0.4) is 0 Å². The average molecular weight is 363 g/mol. The van der Waals surface area contributed by atoms with Crippen LogP contribution in [0.1, 0.15) is 13.3 Å². The van der Waals surface area contributed by atoms with Crippen molar-refractivity contribution < 1.29 is 23.8 Å². The number of hydrogen-bond acceptors (Lipinski definition) is 7. The molecule has 132 valence electrons. The van der Waals surface area contributed by atoms with E-state index in [0.717, 1.165) is 11.3 Å². The van der Waals surface area contributed by atoms with E-state index in [1.807, 2.05) is 23.6 Å². The molecule has 0 radical (unpaired) electrons. The van der Waals surface area contributed by atoms with Crippen LogP contribution in [0.2, 0.25) is 0 Å². The molecule has 0 saturated carbocycles. The molecule has 1 aromatic carbocycles. The number of carbonyl (C=O) groups is 2. The third-order valence-electron chi connectivity index (χ3n) is 3.32. The predicted octanol–water partition coefficient (Wildman–Crippen LogP) is 2.61. The van der Waals surface area contributed by atoms with E-state index in [4.69, 9.17) is 14.2 Å². The molecule has 2 N–H and O–H groups in total. The fourth-order valence-corrected chi connectivity index (χ4v) is 2.90. The van der Waals surface area contributed by atoms with Crippen molar-refractivity contribution in [3.8, 4) is 22.8 Å². The third-order valence-corrected chi connectivity index (χ3v) is 4.07. The summed E-state index contributed by atoms with van der Waals surface area (Å²) in [5.41, 5.74) is 1.62. The first-order valence-electron chi connectivity index (χ1n) is 7.71. The first-order chi connectivity index (χ1) is 12.2. The van der Waals surface area contributed by atoms with Gasteiger partial charge in [-0.05, 0) is 25.1 Å². The molecule has 1 aromatic heterocycles. The maximum atomic E-state index is 11.9. The molecule has 2 heterocycles. The van der Waals surface area contributed by atoms with Gasteiger partial charge in [0.15, 0.2) is 16.6 Å². The highest BCUT2D eigenvalue weighted by atomic mass is 32.1. The lowest BCUT2D eigenvalue weighted by Gasteiger charge is -2.04. The van der Waals surface area contributed by atoms with Crippen LogP contribution < -0.4 is 20.1 Å². The number of rotatable bonds is 6. The second-order valence-corrected chi connectivity index (χ2v) is 5.91. The fraction of sp³-hybridized carbons (Fsp3) is 0.312. The Labute approximate surface area is 148 Å². The van der Waals surface area contributed by atoms with Crippen molar-refractivity contribution in [1.29, 1.82) is 0 Å². The number of carbonyl (C=O) groups excluding carboxylic acids is 2. The molecule has 9 heteroatoms. The van der Waals surface area contributed by atoms with E-state index in [0.29, 0.717) is 23.2 Å². The molecule has 0 spiro atoms. The summed E-state index contributed by atoms with van der Waals surface area (Å²) in [6, 6.07) is 5.57. The molecular formula is C16H17N3O5S. The predicted molar refractivity (Wildman–Crippen MR) is 91.9 cm³/mol. The van der Waals surface area contributed by atoms with E-state index in [1.54, 1.807) is 6.92 Å². The van der Waals surface area contributed by atoms with E-state index in [1.165, 1.54) is 11.3 Å². The van der Waals surface area contributed by atoms with Gasteiger partial charge in [0.2, 0.25) is 12.7 Å². The largest absolute Gasteiger partial charge is 0.454 e. The number of hydrogen-bond donors (Lipinski definition) is 2. The quantitative estimate of drug-likeness (QED) is 0.818. The summed E-state index contributed by atoms with van der Waals surface area (Å²) in [7, 11) is 0. The molecule has 1 aliphatic rings. The van der Waals surface area contributed by atoms with Crippen LogP contribution >= 0.6 is 11.3 Å². The first-order valence-corrected chi connectivity index (χ1v) is 8.59. The second-order valence-electron chi connectivity index (χ2n) is 5.05. The summed E-state index contributed by atoms with van der Waals surface area (Å²) in [5, 5.41) is 7.55. The highest BCUT2D eigenvalue weighted by molar-refractivity contribution is 7.14. The number of anilines is 1. The van der Waals surface area contributed by atoms with Crippen LogP contribution in [-0.2, 0) is 9.53 Å². The molecule has 8 nitrogen and oxygen atoms in total. The van der Waals surface area contributed by atoms with Crippen molar-refractivity contribution in [1.82, 2.24) is 10.3 Å². The van der Waals surface area contributed by atoms with Gasteiger partial charge in [-0.25, -0.2) is 9.78 Å². The van der Waals surface area contributed by atoms with Crippen LogP contribution in [0, 0.1) is 0 Å². The van der Waals surface area contributed by atoms with Gasteiger partial charge in [0, 0.05) is 23.9 Å². The monoisotopic (exact) mass is 363 g/mol. The second kappa shape index (κ2) is 7.84. The third kappa shape index (κ3) is 4.38. The minimum absolute atomic E-state index is 0.137. The zero-order chi connectivity index (χ0) is 17.6. The van der Waals surface area contributed by atoms with Crippen LogP contribution in [0.4, 0.5) is 9.93 Å². The van der Waals surface area contributed by atoms with E-state index in [-0.39, 0.29) is 25.7 Å². The lowest BCUT2D eigenvalue weighted by atomic mass is 10.1. The summed E-state index contributed by atoms with van der Waals surface area (Å²) in [4.78, 5) is 27.4. The number of amides is 2. The minimum Gasteiger partial charge on any atom is -0.454 e. The van der Waals surface area contributed by atoms with Crippen molar-refractivity contribution in [3.05, 3.63) is 23.6 Å². The summed E-state index contributed by atoms with van der Waals surface area (Å²) in [6.45, 7) is 2.42. The highest BCUT2D eigenvalue weighted by Crippen LogP contribution is 2.36. The molecule has 1 aliphatic heterocycles. The Hall–Kier alpha value is -2.81. The molecule has 3 rings (SSSR count). The SMILES string of the molecule is CCOC(=O)NCCC(=O)Nc1nc(-c2ccc3c(c2)OCO3)cs1.